The average molecular weight is 553 g/mol. The summed E-state index contributed by atoms with van der Waals surface area (Å²) in [6.45, 7) is 6.45. The molecule has 3 rings (SSSR count). The molecule has 8 heteroatoms. The number of aliphatic hydroxyl groups excluding tert-OH is 1. The number of benzene rings is 2. The second-order valence-electron chi connectivity index (χ2n) is 7.16. The van der Waals surface area contributed by atoms with Crippen molar-refractivity contribution >= 4 is 48.7 Å². The van der Waals surface area contributed by atoms with Gasteiger partial charge in [0.05, 0.1) is 24.1 Å². The van der Waals surface area contributed by atoms with Crippen LogP contribution in [-0.4, -0.2) is 59.9 Å². The fourth-order valence-corrected chi connectivity index (χ4v) is 4.52. The van der Waals surface area contributed by atoms with Gasteiger partial charge in [0.25, 0.3) is 5.91 Å². The molecule has 0 aliphatic carbocycles. The fraction of sp³-hybridized carbons (Fsp3) is 0.348. The van der Waals surface area contributed by atoms with Gasteiger partial charge in [0.1, 0.15) is 0 Å². The van der Waals surface area contributed by atoms with E-state index in [1.165, 1.54) is 0 Å². The Kier molecular flexibility index (Phi) is 8.16. The zero-order valence-electron chi connectivity index (χ0n) is 17.9. The van der Waals surface area contributed by atoms with Gasteiger partial charge >= 0.3 is 0 Å². The molecule has 0 radical (unpaired) electrons. The number of nitrogens with one attached hydrogen (secondary N) is 1. The molecule has 0 spiro atoms. The van der Waals surface area contributed by atoms with Crippen molar-refractivity contribution in [2.24, 2.45) is 0 Å². The first-order valence-electron chi connectivity index (χ1n) is 10.2. The molecule has 1 heterocycles. The molecule has 1 unspecified atom stereocenters. The smallest absolute Gasteiger partial charge is 0.272 e. The van der Waals surface area contributed by atoms with Crippen molar-refractivity contribution in [3.63, 3.8) is 0 Å². The minimum Gasteiger partial charge on any atom is -0.494 e. The number of aliphatic hydroxyl groups is 1. The highest BCUT2D eigenvalue weighted by Gasteiger charge is 2.27. The van der Waals surface area contributed by atoms with Crippen molar-refractivity contribution in [2.75, 3.05) is 33.3 Å². The van der Waals surface area contributed by atoms with Gasteiger partial charge in [0.15, 0.2) is 11.4 Å². The third kappa shape index (κ3) is 4.98. The number of halogens is 2. The van der Waals surface area contributed by atoms with Gasteiger partial charge < -0.3 is 24.6 Å². The lowest BCUT2D eigenvalue weighted by molar-refractivity contribution is 0.0861. The summed E-state index contributed by atoms with van der Waals surface area (Å²) in [4.78, 5) is 15.5. The van der Waals surface area contributed by atoms with E-state index in [2.05, 4.69) is 42.1 Å². The van der Waals surface area contributed by atoms with Gasteiger partial charge in [-0.1, -0.05) is 32.0 Å². The Labute approximate surface area is 199 Å². The number of carbonyl (C=O) groups excluding carboxylic acids is 1. The van der Waals surface area contributed by atoms with Gasteiger partial charge in [-0.25, -0.2) is 0 Å². The molecule has 1 atom stereocenters. The van der Waals surface area contributed by atoms with E-state index in [0.717, 1.165) is 38.6 Å². The van der Waals surface area contributed by atoms with Crippen LogP contribution in [0.25, 0.3) is 16.6 Å². The number of nitrogens with zero attached hydrogens (tertiary/aromatic N) is 2. The largest absolute Gasteiger partial charge is 0.494 e. The van der Waals surface area contributed by atoms with Gasteiger partial charge in [-0.3, -0.25) is 4.79 Å². The van der Waals surface area contributed by atoms with E-state index in [9.17, 15) is 9.90 Å². The van der Waals surface area contributed by atoms with E-state index in [0.29, 0.717) is 18.0 Å². The van der Waals surface area contributed by atoms with Gasteiger partial charge in [-0.05, 0) is 69.2 Å². The Morgan fingerprint density at radius 3 is 2.45 bits per heavy atom. The average Bonchev–Trinajstić information content (AvgIpc) is 3.13. The number of hydrogen-bond acceptors (Lipinski definition) is 4. The van der Waals surface area contributed by atoms with Crippen LogP contribution in [0.1, 0.15) is 24.3 Å². The summed E-state index contributed by atoms with van der Waals surface area (Å²) in [7, 11) is 1.56. The van der Waals surface area contributed by atoms with Crippen LogP contribution < -0.4 is 10.1 Å². The molecule has 1 aromatic heterocycles. The number of hydrogen-bond donors (Lipinski definition) is 2. The SMILES string of the molecule is CCN(CC)CC(O)CNC(=O)c1c(OC)c2c(Br)c(Br)ccc2n1-c1ccccc1. The Balaban J connectivity index is 2.04. The molecular weight excluding hydrogens is 526 g/mol. The van der Waals surface area contributed by atoms with E-state index in [1.54, 1.807) is 7.11 Å². The molecule has 31 heavy (non-hydrogen) atoms. The maximum Gasteiger partial charge on any atom is 0.272 e. The Morgan fingerprint density at radius 2 is 1.84 bits per heavy atom. The maximum atomic E-state index is 13.4. The van der Waals surface area contributed by atoms with Crippen LogP contribution in [0.15, 0.2) is 51.4 Å². The van der Waals surface area contributed by atoms with Gasteiger partial charge in [-0.2, -0.15) is 0 Å². The van der Waals surface area contributed by atoms with Crippen molar-refractivity contribution in [3.8, 4) is 11.4 Å². The fourth-order valence-electron chi connectivity index (χ4n) is 3.67. The van der Waals surface area contributed by atoms with Crippen molar-refractivity contribution in [2.45, 2.75) is 20.0 Å². The lowest BCUT2D eigenvalue weighted by Crippen LogP contribution is -2.40. The quantitative estimate of drug-likeness (QED) is 0.407. The molecule has 1 amide bonds. The summed E-state index contributed by atoms with van der Waals surface area (Å²) >= 11 is 7.17. The highest BCUT2D eigenvalue weighted by atomic mass is 79.9. The Morgan fingerprint density at radius 1 is 1.16 bits per heavy atom. The molecule has 0 aliphatic heterocycles. The minimum absolute atomic E-state index is 0.152. The summed E-state index contributed by atoms with van der Waals surface area (Å²) in [5, 5.41) is 14.1. The summed E-state index contributed by atoms with van der Waals surface area (Å²) in [6, 6.07) is 13.6. The zero-order valence-corrected chi connectivity index (χ0v) is 21.0. The van der Waals surface area contributed by atoms with Gasteiger partial charge in [0, 0.05) is 27.7 Å². The number of aromatic nitrogens is 1. The first kappa shape index (κ1) is 23.8. The molecule has 6 nitrogen and oxygen atoms in total. The molecule has 0 fully saturated rings. The normalized spacial score (nSPS) is 12.4. The summed E-state index contributed by atoms with van der Waals surface area (Å²) in [6.07, 6.45) is -0.662. The minimum atomic E-state index is -0.662. The lowest BCUT2D eigenvalue weighted by Gasteiger charge is -2.22. The topological polar surface area (TPSA) is 66.7 Å². The first-order chi connectivity index (χ1) is 14.9. The maximum absolute atomic E-state index is 13.4. The number of para-hydroxylation sites is 1. The number of rotatable bonds is 9. The highest BCUT2D eigenvalue weighted by molar-refractivity contribution is 9.13. The van der Waals surface area contributed by atoms with E-state index in [1.807, 2.05) is 60.9 Å². The van der Waals surface area contributed by atoms with Gasteiger partial charge in [0.2, 0.25) is 0 Å². The number of amides is 1. The molecule has 2 N–H and O–H groups in total. The number of likely N-dealkylation sites (N-methyl/N-ethyl adjacent to an activating group) is 1. The number of carbonyl (C=O) groups is 1. The summed E-state index contributed by atoms with van der Waals surface area (Å²) in [5.41, 5.74) is 2.07. The Bertz CT molecular complexity index is 1050. The van der Waals surface area contributed by atoms with E-state index < -0.39 is 6.10 Å². The monoisotopic (exact) mass is 551 g/mol. The molecular formula is C23H27Br2N3O3. The zero-order chi connectivity index (χ0) is 22.5. The summed E-state index contributed by atoms with van der Waals surface area (Å²) in [5.74, 6) is 0.168. The van der Waals surface area contributed by atoms with Gasteiger partial charge in [-0.15, -0.1) is 0 Å². The van der Waals surface area contributed by atoms with E-state index in [-0.39, 0.29) is 12.5 Å². The van der Waals surface area contributed by atoms with Crippen LogP contribution >= 0.6 is 31.9 Å². The molecule has 3 aromatic rings. The second kappa shape index (κ2) is 10.6. The third-order valence-corrected chi connectivity index (χ3v) is 7.29. The van der Waals surface area contributed by atoms with Crippen LogP contribution in [0.2, 0.25) is 0 Å². The summed E-state index contributed by atoms with van der Waals surface area (Å²) < 4.78 is 9.29. The predicted octanol–water partition coefficient (Wildman–Crippen LogP) is 4.60. The van der Waals surface area contributed by atoms with Crippen molar-refractivity contribution in [1.82, 2.24) is 14.8 Å². The number of ether oxygens (including phenoxy) is 1. The van der Waals surface area contributed by atoms with Crippen LogP contribution in [0.5, 0.6) is 5.75 Å². The van der Waals surface area contributed by atoms with Crippen LogP contribution in [-0.2, 0) is 0 Å². The van der Waals surface area contributed by atoms with Crippen molar-refractivity contribution in [1.29, 1.82) is 0 Å². The molecule has 166 valence electrons. The van der Waals surface area contributed by atoms with Crippen LogP contribution in [0, 0.1) is 0 Å². The number of fused-ring (bicyclic) bond motifs is 1. The Hall–Kier alpha value is -1.87. The molecule has 0 saturated heterocycles. The third-order valence-electron chi connectivity index (χ3n) is 5.27. The van der Waals surface area contributed by atoms with Crippen molar-refractivity contribution < 1.29 is 14.6 Å². The van der Waals surface area contributed by atoms with E-state index in [4.69, 9.17) is 4.74 Å². The standard InChI is InChI=1S/C23H27Br2N3O3/c1-4-27(5-2)14-16(29)13-26-23(30)21-22(31-3)19-18(12-11-17(24)20(19)25)28(21)15-9-7-6-8-10-15/h6-12,16,29H,4-5,13-14H2,1-3H3,(H,26,30). The molecule has 0 saturated carbocycles. The van der Waals surface area contributed by atoms with Crippen LogP contribution in [0.3, 0.4) is 0 Å². The lowest BCUT2D eigenvalue weighted by atomic mass is 10.2. The molecule has 0 aliphatic rings. The van der Waals surface area contributed by atoms with Crippen LogP contribution in [0.4, 0.5) is 0 Å². The highest BCUT2D eigenvalue weighted by Crippen LogP contribution is 2.42. The second-order valence-corrected chi connectivity index (χ2v) is 8.81. The molecule has 2 aromatic carbocycles. The predicted molar refractivity (Wildman–Crippen MR) is 131 cm³/mol. The molecule has 0 bridgehead atoms. The van der Waals surface area contributed by atoms with E-state index >= 15 is 0 Å². The van der Waals surface area contributed by atoms with Crippen molar-refractivity contribution in [3.05, 3.63) is 57.1 Å². The number of methoxy groups -OCH3 is 1. The first-order valence-corrected chi connectivity index (χ1v) is 11.8.